The number of benzene rings is 2. The maximum Gasteiger partial charge on any atom is 0.259 e. The van der Waals surface area contributed by atoms with Gasteiger partial charge in [0.2, 0.25) is 0 Å². The van der Waals surface area contributed by atoms with Gasteiger partial charge in [-0.15, -0.1) is 0 Å². The summed E-state index contributed by atoms with van der Waals surface area (Å²) in [6, 6.07) is 10.2. The average molecular weight is 351 g/mol. The number of hydrogen-bond acceptors (Lipinski definition) is 2. The van der Waals surface area contributed by atoms with Crippen molar-refractivity contribution in [2.45, 2.75) is 13.8 Å². The van der Waals surface area contributed by atoms with Crippen LogP contribution >= 0.6 is 15.9 Å². The minimum atomic E-state index is -0.545. The molecule has 0 aliphatic heterocycles. The number of nitrogen functional groups attached to an aromatic ring is 1. The van der Waals surface area contributed by atoms with Crippen LogP contribution in [-0.4, -0.2) is 12.5 Å². The Hall–Kier alpha value is -1.88. The number of rotatable bonds is 3. The molecule has 0 aromatic heterocycles. The lowest BCUT2D eigenvalue weighted by Gasteiger charge is -2.22. The van der Waals surface area contributed by atoms with Gasteiger partial charge < -0.3 is 10.6 Å². The molecular weight excluding hydrogens is 335 g/mol. The molecule has 0 fully saturated rings. The van der Waals surface area contributed by atoms with Gasteiger partial charge in [0.1, 0.15) is 5.82 Å². The van der Waals surface area contributed by atoms with Crippen LogP contribution in [0, 0.1) is 12.7 Å². The van der Waals surface area contributed by atoms with Crippen LogP contribution < -0.4 is 10.6 Å². The Labute approximate surface area is 131 Å². The van der Waals surface area contributed by atoms with Crippen molar-refractivity contribution in [2.24, 2.45) is 0 Å². The number of carbonyl (C=O) groups is 1. The molecule has 1 amide bonds. The van der Waals surface area contributed by atoms with Gasteiger partial charge >= 0.3 is 0 Å². The first-order valence-corrected chi connectivity index (χ1v) is 7.36. The Morgan fingerprint density at radius 3 is 2.48 bits per heavy atom. The van der Waals surface area contributed by atoms with Crippen molar-refractivity contribution in [1.82, 2.24) is 0 Å². The number of carbonyl (C=O) groups excluding carboxylic acids is 1. The van der Waals surface area contributed by atoms with Crippen LogP contribution in [-0.2, 0) is 0 Å². The first-order valence-electron chi connectivity index (χ1n) is 6.57. The number of aryl methyl sites for hydroxylation is 1. The molecule has 0 saturated carbocycles. The van der Waals surface area contributed by atoms with Crippen molar-refractivity contribution in [3.05, 3.63) is 57.8 Å². The van der Waals surface area contributed by atoms with Gasteiger partial charge in [-0.3, -0.25) is 4.79 Å². The van der Waals surface area contributed by atoms with Gasteiger partial charge in [0.05, 0.1) is 11.3 Å². The Balaban J connectivity index is 2.41. The van der Waals surface area contributed by atoms with Gasteiger partial charge in [-0.25, -0.2) is 4.39 Å². The Morgan fingerprint density at radius 2 is 1.90 bits per heavy atom. The molecule has 2 aromatic carbocycles. The van der Waals surface area contributed by atoms with Crippen LogP contribution in [0.5, 0.6) is 0 Å². The molecule has 0 heterocycles. The first kappa shape index (κ1) is 15.5. The van der Waals surface area contributed by atoms with Crippen molar-refractivity contribution in [2.75, 3.05) is 17.2 Å². The normalized spacial score (nSPS) is 10.5. The second-order valence-electron chi connectivity index (χ2n) is 4.74. The summed E-state index contributed by atoms with van der Waals surface area (Å²) in [7, 11) is 0. The van der Waals surface area contributed by atoms with E-state index in [0.717, 1.165) is 11.3 Å². The lowest BCUT2D eigenvalue weighted by Crippen LogP contribution is -2.31. The van der Waals surface area contributed by atoms with Crippen molar-refractivity contribution in [3.63, 3.8) is 0 Å². The predicted molar refractivity (Wildman–Crippen MR) is 87.0 cm³/mol. The van der Waals surface area contributed by atoms with E-state index in [1.807, 2.05) is 38.1 Å². The van der Waals surface area contributed by atoms with E-state index in [9.17, 15) is 9.18 Å². The van der Waals surface area contributed by atoms with Gasteiger partial charge in [0.25, 0.3) is 5.91 Å². The highest BCUT2D eigenvalue weighted by atomic mass is 79.9. The largest absolute Gasteiger partial charge is 0.396 e. The zero-order valence-electron chi connectivity index (χ0n) is 11.9. The molecule has 110 valence electrons. The van der Waals surface area contributed by atoms with Crippen LogP contribution in [0.1, 0.15) is 22.8 Å². The van der Waals surface area contributed by atoms with E-state index in [2.05, 4.69) is 15.9 Å². The third-order valence-corrected chi connectivity index (χ3v) is 3.88. The molecule has 2 rings (SSSR count). The average Bonchev–Trinajstić information content (AvgIpc) is 2.45. The third kappa shape index (κ3) is 3.24. The van der Waals surface area contributed by atoms with E-state index in [1.165, 1.54) is 12.1 Å². The van der Waals surface area contributed by atoms with Gasteiger partial charge in [-0.1, -0.05) is 17.7 Å². The fraction of sp³-hybridized carbons (Fsp3) is 0.188. The summed E-state index contributed by atoms with van der Waals surface area (Å²) in [4.78, 5) is 14.3. The second-order valence-corrected chi connectivity index (χ2v) is 5.59. The summed E-state index contributed by atoms with van der Waals surface area (Å²) in [5.41, 5.74) is 7.78. The van der Waals surface area contributed by atoms with Gasteiger partial charge in [0.15, 0.2) is 0 Å². The minimum Gasteiger partial charge on any atom is -0.396 e. The molecule has 3 nitrogen and oxygen atoms in total. The molecule has 0 radical (unpaired) electrons. The van der Waals surface area contributed by atoms with E-state index in [0.29, 0.717) is 16.6 Å². The summed E-state index contributed by atoms with van der Waals surface area (Å²) in [5.74, 6) is -0.767. The molecular formula is C16H16BrFN2O. The number of nitrogens with zero attached hydrogens (tertiary/aromatic N) is 1. The number of hydrogen-bond donors (Lipinski definition) is 1. The molecule has 21 heavy (non-hydrogen) atoms. The molecule has 0 unspecified atom stereocenters. The summed E-state index contributed by atoms with van der Waals surface area (Å²) < 4.78 is 13.8. The second kappa shape index (κ2) is 6.26. The lowest BCUT2D eigenvalue weighted by molar-refractivity contribution is 0.0987. The van der Waals surface area contributed by atoms with Crippen molar-refractivity contribution < 1.29 is 9.18 Å². The van der Waals surface area contributed by atoms with E-state index in [1.54, 1.807) is 4.90 Å². The molecule has 5 heteroatoms. The standard InChI is InChI=1S/C16H16BrFN2O/c1-3-20(11-6-4-10(2)5-7-11)16(21)12-8-15(19)14(18)9-13(12)17/h4-9H,3,19H2,1-2H3. The van der Waals surface area contributed by atoms with Crippen molar-refractivity contribution in [1.29, 1.82) is 0 Å². The summed E-state index contributed by atoms with van der Waals surface area (Å²) in [5, 5.41) is 0. The fourth-order valence-electron chi connectivity index (χ4n) is 2.04. The zero-order chi connectivity index (χ0) is 15.6. The molecule has 0 aliphatic rings. The number of nitrogens with two attached hydrogens (primary N) is 1. The maximum absolute atomic E-state index is 13.4. The zero-order valence-corrected chi connectivity index (χ0v) is 13.4. The lowest BCUT2D eigenvalue weighted by atomic mass is 10.1. The van der Waals surface area contributed by atoms with Gasteiger partial charge in [0, 0.05) is 16.7 Å². The highest BCUT2D eigenvalue weighted by Gasteiger charge is 2.20. The topological polar surface area (TPSA) is 46.3 Å². The number of amides is 1. The molecule has 0 bridgehead atoms. The van der Waals surface area contributed by atoms with Crippen LogP contribution in [0.25, 0.3) is 0 Å². The number of anilines is 2. The first-order chi connectivity index (χ1) is 9.93. The van der Waals surface area contributed by atoms with Gasteiger partial charge in [-0.2, -0.15) is 0 Å². The highest BCUT2D eigenvalue weighted by molar-refractivity contribution is 9.10. The summed E-state index contributed by atoms with van der Waals surface area (Å²) in [6.45, 7) is 4.38. The smallest absolute Gasteiger partial charge is 0.259 e. The third-order valence-electron chi connectivity index (χ3n) is 3.22. The molecule has 0 aliphatic carbocycles. The van der Waals surface area contributed by atoms with Crippen molar-refractivity contribution in [3.8, 4) is 0 Å². The molecule has 0 saturated heterocycles. The summed E-state index contributed by atoms with van der Waals surface area (Å²) in [6.07, 6.45) is 0. The molecule has 2 aromatic rings. The molecule has 0 atom stereocenters. The molecule has 2 N–H and O–H groups in total. The number of halogens is 2. The van der Waals surface area contributed by atoms with Gasteiger partial charge in [-0.05, 0) is 54.0 Å². The van der Waals surface area contributed by atoms with E-state index in [4.69, 9.17) is 5.73 Å². The SMILES string of the molecule is CCN(C(=O)c1cc(N)c(F)cc1Br)c1ccc(C)cc1. The fourth-order valence-corrected chi connectivity index (χ4v) is 2.53. The van der Waals surface area contributed by atoms with Crippen LogP contribution in [0.4, 0.5) is 15.8 Å². The van der Waals surface area contributed by atoms with E-state index < -0.39 is 5.82 Å². The predicted octanol–water partition coefficient (Wildman–Crippen LogP) is 4.15. The Morgan fingerprint density at radius 1 is 1.29 bits per heavy atom. The minimum absolute atomic E-state index is 0.0403. The van der Waals surface area contributed by atoms with Crippen LogP contribution in [0.2, 0.25) is 0 Å². The van der Waals surface area contributed by atoms with E-state index >= 15 is 0 Å². The quantitative estimate of drug-likeness (QED) is 0.845. The van der Waals surface area contributed by atoms with Crippen LogP contribution in [0.15, 0.2) is 40.9 Å². The maximum atomic E-state index is 13.4. The Bertz CT molecular complexity index is 671. The van der Waals surface area contributed by atoms with E-state index in [-0.39, 0.29) is 11.6 Å². The van der Waals surface area contributed by atoms with Crippen LogP contribution in [0.3, 0.4) is 0 Å². The monoisotopic (exact) mass is 350 g/mol. The Kier molecular flexibility index (Phi) is 4.63. The molecule has 0 spiro atoms. The van der Waals surface area contributed by atoms with Crippen molar-refractivity contribution >= 4 is 33.2 Å². The highest BCUT2D eigenvalue weighted by Crippen LogP contribution is 2.26. The summed E-state index contributed by atoms with van der Waals surface area (Å²) >= 11 is 3.22.